The molecule has 0 aromatic heterocycles. The molecule has 194 valence electrons. The fourth-order valence-electron chi connectivity index (χ4n) is 3.88. The molecule has 0 saturated carbocycles. The highest BCUT2D eigenvalue weighted by Gasteiger charge is 2.38. The maximum absolute atomic E-state index is 13.3. The normalized spacial score (nSPS) is 13.5. The summed E-state index contributed by atoms with van der Waals surface area (Å²) in [6, 6.07) is 16.0. The van der Waals surface area contributed by atoms with Gasteiger partial charge in [-0.3, -0.25) is 4.79 Å². The van der Waals surface area contributed by atoms with E-state index in [2.05, 4.69) is 5.32 Å². The minimum atomic E-state index is -4.85. The lowest BCUT2D eigenvalue weighted by Gasteiger charge is -2.23. The molecule has 0 saturated heterocycles. The number of carbonyl (C=O) groups is 1. The number of aliphatic hydroxyl groups is 1. The summed E-state index contributed by atoms with van der Waals surface area (Å²) in [6.07, 6.45) is -4.54. The topological polar surface area (TPSA) is 107 Å². The maximum Gasteiger partial charge on any atom is 0.417 e. The molecule has 0 aliphatic heterocycles. The van der Waals surface area contributed by atoms with Crippen molar-refractivity contribution < 1.29 is 31.5 Å². The third-order valence-electron chi connectivity index (χ3n) is 5.86. The van der Waals surface area contributed by atoms with E-state index in [0.717, 1.165) is 35.7 Å². The Labute approximate surface area is 213 Å². The molecular weight excluding hydrogens is 505 g/mol. The van der Waals surface area contributed by atoms with Crippen molar-refractivity contribution in [3.8, 4) is 6.07 Å². The summed E-state index contributed by atoms with van der Waals surface area (Å²) in [5.41, 5.74) is -1.33. The van der Waals surface area contributed by atoms with E-state index in [0.29, 0.717) is 18.1 Å². The van der Waals surface area contributed by atoms with Gasteiger partial charge in [-0.2, -0.15) is 18.4 Å². The number of hydrogen-bond acceptors (Lipinski definition) is 5. The third kappa shape index (κ3) is 6.56. The van der Waals surface area contributed by atoms with Crippen LogP contribution >= 0.6 is 0 Å². The smallest absolute Gasteiger partial charge is 0.379 e. The SMILES string of the molecule is Cc1ccc(C)c(Cc2ccccc2S(=O)(=O)CC(C)(O)C(=O)Nc2ccc(C#N)c(C(F)(F)F)c2)c1. The molecule has 0 radical (unpaired) electrons. The first-order chi connectivity index (χ1) is 17.1. The first-order valence-corrected chi connectivity index (χ1v) is 12.8. The summed E-state index contributed by atoms with van der Waals surface area (Å²) < 4.78 is 66.4. The molecule has 3 aromatic rings. The van der Waals surface area contributed by atoms with Crippen LogP contribution in [0.3, 0.4) is 0 Å². The van der Waals surface area contributed by atoms with Crippen LogP contribution in [0.2, 0.25) is 0 Å². The Balaban J connectivity index is 1.87. The van der Waals surface area contributed by atoms with Crippen molar-refractivity contribution in [3.05, 3.63) is 94.0 Å². The number of nitriles is 1. The van der Waals surface area contributed by atoms with Crippen LogP contribution in [-0.4, -0.2) is 30.8 Å². The number of sulfone groups is 1. The number of aryl methyl sites for hydroxylation is 2. The molecule has 1 atom stereocenters. The van der Waals surface area contributed by atoms with E-state index in [4.69, 9.17) is 5.26 Å². The van der Waals surface area contributed by atoms with Crippen LogP contribution in [0.5, 0.6) is 0 Å². The van der Waals surface area contributed by atoms with Crippen molar-refractivity contribution in [2.45, 2.75) is 43.9 Å². The Morgan fingerprint density at radius 2 is 1.70 bits per heavy atom. The predicted octanol–water partition coefficient (Wildman–Crippen LogP) is 4.95. The average Bonchev–Trinajstić information content (AvgIpc) is 2.80. The first kappa shape index (κ1) is 27.9. The van der Waals surface area contributed by atoms with Crippen molar-refractivity contribution in [2.75, 3.05) is 11.1 Å². The Bertz CT molecular complexity index is 1490. The van der Waals surface area contributed by atoms with E-state index >= 15 is 0 Å². The number of nitrogens with zero attached hydrogens (tertiary/aromatic N) is 1. The second-order valence-corrected chi connectivity index (χ2v) is 11.0. The minimum Gasteiger partial charge on any atom is -0.379 e. The van der Waals surface area contributed by atoms with E-state index in [1.807, 2.05) is 32.0 Å². The standard InChI is InChI=1S/C27H25F3N2O4S/c1-17-8-9-18(2)21(12-17)13-19-6-4-5-7-24(19)37(35,36)16-26(3,34)25(33)32-22-11-10-20(15-31)23(14-22)27(28,29)30/h4-12,14,34H,13,16H2,1-3H3,(H,32,33). The highest BCUT2D eigenvalue weighted by atomic mass is 32.2. The van der Waals surface area contributed by atoms with Gasteiger partial charge in [-0.1, -0.05) is 42.0 Å². The van der Waals surface area contributed by atoms with Crippen LogP contribution < -0.4 is 5.32 Å². The summed E-state index contributed by atoms with van der Waals surface area (Å²) in [5.74, 6) is -2.21. The van der Waals surface area contributed by atoms with Gasteiger partial charge >= 0.3 is 6.18 Å². The Hall–Kier alpha value is -3.68. The molecule has 1 amide bonds. The third-order valence-corrected chi connectivity index (χ3v) is 7.87. The van der Waals surface area contributed by atoms with Gasteiger partial charge in [0.2, 0.25) is 0 Å². The molecule has 0 fully saturated rings. The van der Waals surface area contributed by atoms with Crippen molar-refractivity contribution in [1.29, 1.82) is 5.26 Å². The molecular formula is C27H25F3N2O4S. The van der Waals surface area contributed by atoms with Crippen molar-refractivity contribution >= 4 is 21.4 Å². The maximum atomic E-state index is 13.3. The minimum absolute atomic E-state index is 0.0540. The van der Waals surface area contributed by atoms with Gasteiger partial charge in [-0.15, -0.1) is 0 Å². The largest absolute Gasteiger partial charge is 0.417 e. The number of halogens is 3. The average molecular weight is 531 g/mol. The molecule has 2 N–H and O–H groups in total. The van der Waals surface area contributed by atoms with Crippen LogP contribution in [0.25, 0.3) is 0 Å². The van der Waals surface area contributed by atoms with Gasteiger partial charge in [0, 0.05) is 5.69 Å². The number of nitrogens with one attached hydrogen (secondary N) is 1. The summed E-state index contributed by atoms with van der Waals surface area (Å²) >= 11 is 0. The number of hydrogen-bond donors (Lipinski definition) is 2. The van der Waals surface area contributed by atoms with Gasteiger partial charge in [0.15, 0.2) is 15.4 Å². The van der Waals surface area contributed by atoms with Gasteiger partial charge < -0.3 is 10.4 Å². The molecule has 10 heteroatoms. The highest BCUT2D eigenvalue weighted by molar-refractivity contribution is 7.91. The van der Waals surface area contributed by atoms with Crippen molar-refractivity contribution in [3.63, 3.8) is 0 Å². The molecule has 3 aromatic carbocycles. The Kier molecular flexibility index (Phi) is 7.81. The van der Waals surface area contributed by atoms with Crippen LogP contribution in [-0.2, 0) is 27.2 Å². The summed E-state index contributed by atoms with van der Waals surface area (Å²) in [5, 5.41) is 21.8. The lowest BCUT2D eigenvalue weighted by molar-refractivity contribution is -0.137. The monoisotopic (exact) mass is 530 g/mol. The van der Waals surface area contributed by atoms with Crippen LogP contribution in [0.15, 0.2) is 65.6 Å². The molecule has 0 aliphatic rings. The number of anilines is 1. The zero-order valence-corrected chi connectivity index (χ0v) is 21.2. The van der Waals surface area contributed by atoms with Gasteiger partial charge in [0.1, 0.15) is 0 Å². The summed E-state index contributed by atoms with van der Waals surface area (Å²) in [4.78, 5) is 12.7. The van der Waals surface area contributed by atoms with Crippen molar-refractivity contribution in [2.24, 2.45) is 0 Å². The number of benzene rings is 3. The number of amides is 1. The second kappa shape index (κ2) is 10.4. The number of alkyl halides is 3. The highest BCUT2D eigenvalue weighted by Crippen LogP contribution is 2.34. The fourth-order valence-corrected chi connectivity index (χ4v) is 5.73. The van der Waals surface area contributed by atoms with E-state index in [-0.39, 0.29) is 10.6 Å². The van der Waals surface area contributed by atoms with E-state index in [1.165, 1.54) is 18.2 Å². The lowest BCUT2D eigenvalue weighted by atomic mass is 9.99. The predicted molar refractivity (Wildman–Crippen MR) is 133 cm³/mol. The summed E-state index contributed by atoms with van der Waals surface area (Å²) in [6.45, 7) is 4.81. The molecule has 6 nitrogen and oxygen atoms in total. The molecule has 0 heterocycles. The zero-order valence-electron chi connectivity index (χ0n) is 20.3. The Morgan fingerprint density at radius 1 is 1.03 bits per heavy atom. The van der Waals surface area contributed by atoms with Gasteiger partial charge in [0.05, 0.1) is 27.8 Å². The zero-order chi connectivity index (χ0) is 27.6. The van der Waals surface area contributed by atoms with Crippen molar-refractivity contribution in [1.82, 2.24) is 0 Å². The Morgan fingerprint density at radius 3 is 2.35 bits per heavy atom. The van der Waals surface area contributed by atoms with Crippen LogP contribution in [0.1, 0.15) is 40.3 Å². The second-order valence-electron chi connectivity index (χ2n) is 9.07. The molecule has 1 unspecified atom stereocenters. The molecule has 0 bridgehead atoms. The lowest BCUT2D eigenvalue weighted by Crippen LogP contribution is -2.46. The molecule has 37 heavy (non-hydrogen) atoms. The van der Waals surface area contributed by atoms with Crippen LogP contribution in [0.4, 0.5) is 18.9 Å². The van der Waals surface area contributed by atoms with E-state index in [1.54, 1.807) is 12.1 Å². The quantitative estimate of drug-likeness (QED) is 0.450. The first-order valence-electron chi connectivity index (χ1n) is 11.2. The number of carbonyl (C=O) groups excluding carboxylic acids is 1. The molecule has 0 spiro atoms. The van der Waals surface area contributed by atoms with E-state index < -0.39 is 44.4 Å². The summed E-state index contributed by atoms with van der Waals surface area (Å²) in [7, 11) is -4.20. The van der Waals surface area contributed by atoms with Gasteiger partial charge in [-0.05, 0) is 68.1 Å². The fraction of sp³-hybridized carbons (Fsp3) is 0.259. The number of rotatable bonds is 7. The molecule has 0 aliphatic carbocycles. The van der Waals surface area contributed by atoms with Crippen LogP contribution in [0, 0.1) is 25.2 Å². The van der Waals surface area contributed by atoms with Gasteiger partial charge in [-0.25, -0.2) is 8.42 Å². The van der Waals surface area contributed by atoms with Gasteiger partial charge in [0.25, 0.3) is 5.91 Å². The molecule has 3 rings (SSSR count). The van der Waals surface area contributed by atoms with E-state index in [9.17, 15) is 31.5 Å².